The summed E-state index contributed by atoms with van der Waals surface area (Å²) in [7, 11) is 0. The van der Waals surface area contributed by atoms with E-state index in [9.17, 15) is 13.2 Å². The largest absolute Gasteiger partial charge is 0.247 e. The van der Waals surface area contributed by atoms with Crippen LogP contribution in [0.4, 0.5) is 13.2 Å². The summed E-state index contributed by atoms with van der Waals surface area (Å²) >= 11 is 0. The summed E-state index contributed by atoms with van der Waals surface area (Å²) in [5, 5.41) is 0. The molecule has 0 saturated carbocycles. The highest BCUT2D eigenvalue weighted by Crippen LogP contribution is 2.14. The van der Waals surface area contributed by atoms with Crippen LogP contribution in [0.3, 0.4) is 0 Å². The topological polar surface area (TPSA) is 0 Å². The molecule has 62 valence electrons. The molecule has 0 radical (unpaired) electrons. The quantitative estimate of drug-likeness (QED) is 0.584. The van der Waals surface area contributed by atoms with Crippen LogP contribution in [0.1, 0.15) is 26.7 Å². The number of halogens is 3. The van der Waals surface area contributed by atoms with E-state index in [4.69, 9.17) is 0 Å². The van der Waals surface area contributed by atoms with Gasteiger partial charge in [0.1, 0.15) is 18.5 Å². The highest BCUT2D eigenvalue weighted by molar-refractivity contribution is 4.67. The summed E-state index contributed by atoms with van der Waals surface area (Å²) in [4.78, 5) is 0. The zero-order chi connectivity index (χ0) is 8.15. The molecule has 0 spiro atoms. The van der Waals surface area contributed by atoms with Crippen molar-refractivity contribution in [2.45, 2.75) is 45.2 Å². The second-order valence-corrected chi connectivity index (χ2v) is 2.43. The molecule has 0 aliphatic carbocycles. The van der Waals surface area contributed by atoms with E-state index in [1.165, 1.54) is 0 Å². The predicted octanol–water partition coefficient (Wildman–Crippen LogP) is 2.82. The molecule has 0 aromatic carbocycles. The van der Waals surface area contributed by atoms with Gasteiger partial charge in [0, 0.05) is 6.42 Å². The van der Waals surface area contributed by atoms with Crippen LogP contribution in [0, 0.1) is 0 Å². The van der Waals surface area contributed by atoms with E-state index < -0.39 is 18.5 Å². The van der Waals surface area contributed by atoms with Gasteiger partial charge < -0.3 is 0 Å². The zero-order valence-corrected chi connectivity index (χ0v) is 6.28. The molecule has 0 heterocycles. The molecular formula is C7H13F3. The molecule has 0 saturated heterocycles. The van der Waals surface area contributed by atoms with E-state index in [1.807, 2.05) is 0 Å². The average Bonchev–Trinajstić information content (AvgIpc) is 1.87. The van der Waals surface area contributed by atoms with Crippen LogP contribution in [0.15, 0.2) is 0 Å². The van der Waals surface area contributed by atoms with Crippen molar-refractivity contribution in [3.05, 3.63) is 0 Å². The Kier molecular flexibility index (Phi) is 4.49. The molecule has 0 aromatic heterocycles. The molecule has 2 unspecified atom stereocenters. The summed E-state index contributed by atoms with van der Waals surface area (Å²) in [6, 6.07) is 0. The monoisotopic (exact) mass is 154 g/mol. The van der Waals surface area contributed by atoms with Crippen LogP contribution in [-0.2, 0) is 0 Å². The van der Waals surface area contributed by atoms with Gasteiger partial charge in [0.25, 0.3) is 0 Å². The fourth-order valence-corrected chi connectivity index (χ4v) is 0.599. The van der Waals surface area contributed by atoms with E-state index in [-0.39, 0.29) is 12.8 Å². The summed E-state index contributed by atoms with van der Waals surface area (Å²) in [5.74, 6) is 0. The molecule has 0 aliphatic heterocycles. The lowest BCUT2D eigenvalue weighted by Gasteiger charge is -2.10. The summed E-state index contributed by atoms with van der Waals surface area (Å²) < 4.78 is 36.7. The van der Waals surface area contributed by atoms with Crippen LogP contribution in [0.5, 0.6) is 0 Å². The highest BCUT2D eigenvalue weighted by Gasteiger charge is 2.19. The zero-order valence-electron chi connectivity index (χ0n) is 6.28. The first kappa shape index (κ1) is 9.79. The van der Waals surface area contributed by atoms with Crippen molar-refractivity contribution >= 4 is 0 Å². The third kappa shape index (κ3) is 3.75. The van der Waals surface area contributed by atoms with Gasteiger partial charge >= 0.3 is 0 Å². The summed E-state index contributed by atoms with van der Waals surface area (Å²) in [5.41, 5.74) is 0. The minimum Gasteiger partial charge on any atom is -0.247 e. The Morgan fingerprint density at radius 2 is 1.70 bits per heavy atom. The molecule has 0 amide bonds. The van der Waals surface area contributed by atoms with E-state index in [0.29, 0.717) is 0 Å². The van der Waals surface area contributed by atoms with Crippen LogP contribution in [0.25, 0.3) is 0 Å². The number of rotatable bonds is 4. The first-order valence-electron chi connectivity index (χ1n) is 3.50. The minimum atomic E-state index is -1.64. The fraction of sp³-hybridized carbons (Fsp3) is 1.00. The van der Waals surface area contributed by atoms with Gasteiger partial charge in [-0.05, 0) is 13.3 Å². The molecule has 0 aliphatic rings. The Balaban J connectivity index is 3.46. The van der Waals surface area contributed by atoms with Gasteiger partial charge in [0.2, 0.25) is 0 Å². The van der Waals surface area contributed by atoms with Gasteiger partial charge in [0.05, 0.1) is 0 Å². The summed E-state index contributed by atoms with van der Waals surface area (Å²) in [6.07, 6.45) is -4.45. The molecule has 0 fully saturated rings. The molecule has 0 bridgehead atoms. The van der Waals surface area contributed by atoms with Gasteiger partial charge in [-0.15, -0.1) is 0 Å². The van der Waals surface area contributed by atoms with Gasteiger partial charge in [-0.1, -0.05) is 6.92 Å². The van der Waals surface area contributed by atoms with Crippen LogP contribution in [-0.4, -0.2) is 18.5 Å². The lowest BCUT2D eigenvalue weighted by atomic mass is 10.1. The number of hydrogen-bond acceptors (Lipinski definition) is 0. The van der Waals surface area contributed by atoms with Gasteiger partial charge in [-0.2, -0.15) is 0 Å². The molecular weight excluding hydrogens is 141 g/mol. The molecule has 10 heavy (non-hydrogen) atoms. The maximum atomic E-state index is 12.3. The lowest BCUT2D eigenvalue weighted by molar-refractivity contribution is 0.134. The molecule has 3 heteroatoms. The Morgan fingerprint density at radius 1 is 1.20 bits per heavy atom. The maximum absolute atomic E-state index is 12.3. The molecule has 0 aromatic rings. The van der Waals surface area contributed by atoms with E-state index in [2.05, 4.69) is 0 Å². The van der Waals surface area contributed by atoms with Crippen molar-refractivity contribution in [3.63, 3.8) is 0 Å². The first-order valence-corrected chi connectivity index (χ1v) is 3.50. The van der Waals surface area contributed by atoms with Crippen LogP contribution >= 0.6 is 0 Å². The van der Waals surface area contributed by atoms with Crippen LogP contribution in [0.2, 0.25) is 0 Å². The third-order valence-electron chi connectivity index (χ3n) is 1.42. The van der Waals surface area contributed by atoms with Crippen molar-refractivity contribution < 1.29 is 13.2 Å². The first-order chi connectivity index (χ1) is 4.57. The standard InChI is InChI=1S/C7H13F3/c1-3-6(9)4-7(10)5(2)8/h5-7H,3-4H2,1-2H3/t5?,6?,7-/m0/s1. The van der Waals surface area contributed by atoms with Gasteiger partial charge in [-0.3, -0.25) is 0 Å². The number of hydrogen-bond donors (Lipinski definition) is 0. The molecule has 0 N–H and O–H groups in total. The summed E-state index contributed by atoms with van der Waals surface area (Å²) in [6.45, 7) is 2.72. The average molecular weight is 154 g/mol. The predicted molar refractivity (Wildman–Crippen MR) is 35.3 cm³/mol. The molecule has 3 atom stereocenters. The van der Waals surface area contributed by atoms with Gasteiger partial charge in [-0.25, -0.2) is 13.2 Å². The Morgan fingerprint density at radius 3 is 2.00 bits per heavy atom. The normalized spacial score (nSPS) is 20.1. The lowest BCUT2D eigenvalue weighted by Crippen LogP contribution is -2.18. The Bertz CT molecular complexity index is 82.9. The highest BCUT2D eigenvalue weighted by atomic mass is 19.2. The van der Waals surface area contributed by atoms with Crippen molar-refractivity contribution in [3.8, 4) is 0 Å². The van der Waals surface area contributed by atoms with E-state index >= 15 is 0 Å². The maximum Gasteiger partial charge on any atom is 0.134 e. The van der Waals surface area contributed by atoms with Crippen molar-refractivity contribution in [2.24, 2.45) is 0 Å². The van der Waals surface area contributed by atoms with Crippen molar-refractivity contribution in [1.29, 1.82) is 0 Å². The number of alkyl halides is 3. The van der Waals surface area contributed by atoms with Gasteiger partial charge in [0.15, 0.2) is 0 Å². The smallest absolute Gasteiger partial charge is 0.134 e. The second kappa shape index (κ2) is 4.58. The molecule has 0 rings (SSSR count). The van der Waals surface area contributed by atoms with E-state index in [0.717, 1.165) is 6.92 Å². The van der Waals surface area contributed by atoms with Crippen LogP contribution < -0.4 is 0 Å². The SMILES string of the molecule is CCC(F)C[C@H](F)C(C)F. The second-order valence-electron chi connectivity index (χ2n) is 2.43. The van der Waals surface area contributed by atoms with Crippen molar-refractivity contribution in [2.75, 3.05) is 0 Å². The Labute approximate surface area is 59.4 Å². The van der Waals surface area contributed by atoms with Crippen molar-refractivity contribution in [1.82, 2.24) is 0 Å². The molecule has 0 nitrogen and oxygen atoms in total. The minimum absolute atomic E-state index is 0.257. The fourth-order valence-electron chi connectivity index (χ4n) is 0.599. The van der Waals surface area contributed by atoms with E-state index in [1.54, 1.807) is 6.92 Å². The third-order valence-corrected chi connectivity index (χ3v) is 1.42. The Hall–Kier alpha value is -0.210.